The summed E-state index contributed by atoms with van der Waals surface area (Å²) in [4.78, 5) is 23.0. The van der Waals surface area contributed by atoms with Crippen molar-refractivity contribution in [3.8, 4) is 0 Å². The molecule has 3 unspecified atom stereocenters. The fraction of sp³-hybridized carbons (Fsp3) is 0.500. The third kappa shape index (κ3) is 8.77. The zero-order valence-corrected chi connectivity index (χ0v) is 22.8. The third-order valence-electron chi connectivity index (χ3n) is 7.15. The first kappa shape index (κ1) is 28.5. The monoisotopic (exact) mass is 505 g/mol. The number of ether oxygens (including phenoxy) is 1. The van der Waals surface area contributed by atoms with Crippen molar-refractivity contribution in [3.05, 3.63) is 83.2 Å². The molecule has 3 atom stereocenters. The Kier molecular flexibility index (Phi) is 10.4. The Balaban J connectivity index is 1.58. The lowest BCUT2D eigenvalue weighted by molar-refractivity contribution is -0.136. The first-order valence-electron chi connectivity index (χ1n) is 13.7. The summed E-state index contributed by atoms with van der Waals surface area (Å²) in [5.74, 6) is 0.345. The summed E-state index contributed by atoms with van der Waals surface area (Å²) < 4.78 is 6.54. The van der Waals surface area contributed by atoms with Gasteiger partial charge in [-0.1, -0.05) is 89.1 Å². The quantitative estimate of drug-likeness (QED) is 0.301. The first-order chi connectivity index (χ1) is 17.7. The smallest absolute Gasteiger partial charge is 0.305 e. The molecule has 1 aromatic carbocycles. The molecular weight excluding hydrogens is 462 g/mol. The van der Waals surface area contributed by atoms with Gasteiger partial charge in [0.1, 0.15) is 11.9 Å². The van der Waals surface area contributed by atoms with Crippen LogP contribution in [0.5, 0.6) is 0 Å². The molecule has 0 heterocycles. The maximum Gasteiger partial charge on any atom is 0.305 e. The van der Waals surface area contributed by atoms with Gasteiger partial charge in [0.2, 0.25) is 0 Å². The van der Waals surface area contributed by atoms with E-state index < -0.39 is 5.97 Å². The molecule has 0 radical (unpaired) electrons. The normalized spacial score (nSPS) is 20.1. The van der Waals surface area contributed by atoms with Crippen molar-refractivity contribution >= 4 is 11.9 Å². The second kappa shape index (κ2) is 13.5. The van der Waals surface area contributed by atoms with Crippen molar-refractivity contribution in [2.45, 2.75) is 90.1 Å². The van der Waals surface area contributed by atoms with Gasteiger partial charge in [0.15, 0.2) is 0 Å². The van der Waals surface area contributed by atoms with E-state index in [9.17, 15) is 9.59 Å². The number of carbonyl (C=O) groups is 2. The number of nitrogens with one attached hydrogen (secondary N) is 1. The summed E-state index contributed by atoms with van der Waals surface area (Å²) >= 11 is 0. The minimum absolute atomic E-state index is 0.0502. The summed E-state index contributed by atoms with van der Waals surface area (Å²) in [7, 11) is 0. The fourth-order valence-electron chi connectivity index (χ4n) is 4.76. The van der Waals surface area contributed by atoms with E-state index in [0.717, 1.165) is 37.9 Å². The van der Waals surface area contributed by atoms with Crippen LogP contribution in [0.2, 0.25) is 0 Å². The molecular formula is C32H43NO4. The Morgan fingerprint density at radius 1 is 1.05 bits per heavy atom. The van der Waals surface area contributed by atoms with Gasteiger partial charge >= 0.3 is 5.97 Å². The molecule has 0 spiro atoms. The highest BCUT2D eigenvalue weighted by molar-refractivity contribution is 5.96. The number of allylic oxidation sites excluding steroid dienone is 4. The SMILES string of the molecule is CCCCCC(OC1=CCC(c2ccc(C(C)(C)C)cc2)C=C1)C1C=CC(C(=O)NCCC(=O)O)=CC1. The van der Waals surface area contributed by atoms with E-state index in [0.29, 0.717) is 11.5 Å². The minimum Gasteiger partial charge on any atom is -0.490 e. The van der Waals surface area contributed by atoms with Gasteiger partial charge in [0.05, 0.1) is 6.42 Å². The van der Waals surface area contributed by atoms with E-state index in [4.69, 9.17) is 9.84 Å². The second-order valence-electron chi connectivity index (χ2n) is 11.1. The van der Waals surface area contributed by atoms with Crippen LogP contribution in [0.1, 0.15) is 89.7 Å². The molecule has 0 saturated carbocycles. The number of carboxylic acid groups (broad SMARTS) is 1. The lowest BCUT2D eigenvalue weighted by atomic mass is 9.84. The van der Waals surface area contributed by atoms with Crippen molar-refractivity contribution in [2.75, 3.05) is 6.54 Å². The van der Waals surface area contributed by atoms with Crippen LogP contribution in [0.15, 0.2) is 72.1 Å². The van der Waals surface area contributed by atoms with Gasteiger partial charge in [-0.05, 0) is 54.4 Å². The van der Waals surface area contributed by atoms with E-state index in [1.807, 2.05) is 12.2 Å². The zero-order chi connectivity index (χ0) is 26.8. The molecule has 2 aliphatic carbocycles. The molecule has 37 heavy (non-hydrogen) atoms. The first-order valence-corrected chi connectivity index (χ1v) is 13.7. The lowest BCUT2D eigenvalue weighted by Crippen LogP contribution is -2.29. The predicted octanol–water partition coefficient (Wildman–Crippen LogP) is 6.97. The van der Waals surface area contributed by atoms with Crippen LogP contribution in [0, 0.1) is 5.92 Å². The molecule has 1 aromatic rings. The van der Waals surface area contributed by atoms with Crippen molar-refractivity contribution in [3.63, 3.8) is 0 Å². The molecule has 2 aliphatic rings. The molecule has 200 valence electrons. The van der Waals surface area contributed by atoms with Crippen molar-refractivity contribution in [2.24, 2.45) is 5.92 Å². The van der Waals surface area contributed by atoms with E-state index in [-0.39, 0.29) is 36.3 Å². The number of unbranched alkanes of at least 4 members (excludes halogenated alkanes) is 2. The molecule has 2 N–H and O–H groups in total. The Morgan fingerprint density at radius 3 is 2.38 bits per heavy atom. The van der Waals surface area contributed by atoms with Gasteiger partial charge in [0, 0.05) is 24.0 Å². The molecule has 0 bridgehead atoms. The summed E-state index contributed by atoms with van der Waals surface area (Å²) in [6.07, 6.45) is 18.5. The van der Waals surface area contributed by atoms with Crippen LogP contribution in [-0.4, -0.2) is 29.6 Å². The van der Waals surface area contributed by atoms with Gasteiger partial charge in [-0.3, -0.25) is 9.59 Å². The summed E-state index contributed by atoms with van der Waals surface area (Å²) in [5.41, 5.74) is 3.42. The second-order valence-corrected chi connectivity index (χ2v) is 11.1. The van der Waals surface area contributed by atoms with Gasteiger partial charge in [0.25, 0.3) is 5.91 Å². The molecule has 5 heteroatoms. The predicted molar refractivity (Wildman–Crippen MR) is 149 cm³/mol. The number of benzene rings is 1. The van der Waals surface area contributed by atoms with E-state index >= 15 is 0 Å². The van der Waals surface area contributed by atoms with Crippen molar-refractivity contribution in [1.29, 1.82) is 0 Å². The van der Waals surface area contributed by atoms with Crippen molar-refractivity contribution < 1.29 is 19.4 Å². The largest absolute Gasteiger partial charge is 0.490 e. The molecule has 0 fully saturated rings. The van der Waals surface area contributed by atoms with Crippen molar-refractivity contribution in [1.82, 2.24) is 5.32 Å². The Bertz CT molecular complexity index is 1040. The standard InChI is InChI=1S/C32H43NO4/c1-5-6-7-8-29(25-9-11-26(12-10-25)31(36)33-22-21-30(34)35)37-28-19-15-24(16-20-28)23-13-17-27(18-14-23)32(2,3)4/h9,11-15,17-20,24-25,29H,5-8,10,16,21-22H2,1-4H3,(H,33,36)(H,34,35). The van der Waals surface area contributed by atoms with Crippen LogP contribution in [0.4, 0.5) is 0 Å². The summed E-state index contributed by atoms with van der Waals surface area (Å²) in [6, 6.07) is 8.98. The topological polar surface area (TPSA) is 75.6 Å². The molecule has 1 amide bonds. The van der Waals surface area contributed by atoms with E-state index in [1.165, 1.54) is 17.5 Å². The number of carboxylic acids is 1. The number of carbonyl (C=O) groups excluding carboxylic acids is 1. The maximum atomic E-state index is 12.3. The zero-order valence-electron chi connectivity index (χ0n) is 22.8. The number of rotatable bonds is 12. The number of aliphatic carboxylic acids is 1. The highest BCUT2D eigenvalue weighted by Gasteiger charge is 2.25. The van der Waals surface area contributed by atoms with E-state index in [1.54, 1.807) is 0 Å². The molecule has 0 aromatic heterocycles. The Morgan fingerprint density at radius 2 is 1.81 bits per heavy atom. The average Bonchev–Trinajstić information content (AvgIpc) is 2.88. The fourth-order valence-corrected chi connectivity index (χ4v) is 4.76. The highest BCUT2D eigenvalue weighted by atomic mass is 16.5. The molecule has 3 rings (SSSR count). The molecule has 5 nitrogen and oxygen atoms in total. The van der Waals surface area contributed by atoms with Crippen LogP contribution >= 0.6 is 0 Å². The maximum absolute atomic E-state index is 12.3. The van der Waals surface area contributed by atoms with Crippen LogP contribution in [-0.2, 0) is 19.7 Å². The number of hydrogen-bond donors (Lipinski definition) is 2. The summed E-state index contributed by atoms with van der Waals surface area (Å²) in [5, 5.41) is 11.4. The van der Waals surface area contributed by atoms with Gasteiger partial charge in [-0.15, -0.1) is 0 Å². The van der Waals surface area contributed by atoms with Crippen LogP contribution in [0.25, 0.3) is 0 Å². The summed E-state index contributed by atoms with van der Waals surface area (Å²) in [6.45, 7) is 9.05. The van der Waals surface area contributed by atoms with Gasteiger partial charge in [-0.25, -0.2) is 0 Å². The van der Waals surface area contributed by atoms with E-state index in [2.05, 4.69) is 81.6 Å². The minimum atomic E-state index is -0.920. The van der Waals surface area contributed by atoms with Crippen LogP contribution in [0.3, 0.4) is 0 Å². The van der Waals surface area contributed by atoms with Crippen LogP contribution < -0.4 is 5.32 Å². The Labute approximate surface area is 222 Å². The third-order valence-corrected chi connectivity index (χ3v) is 7.15. The highest BCUT2D eigenvalue weighted by Crippen LogP contribution is 2.32. The number of hydrogen-bond acceptors (Lipinski definition) is 3. The molecule has 0 saturated heterocycles. The van der Waals surface area contributed by atoms with Gasteiger partial charge < -0.3 is 15.2 Å². The number of amides is 1. The lowest BCUT2D eigenvalue weighted by Gasteiger charge is -2.29. The molecule has 0 aliphatic heterocycles. The van der Waals surface area contributed by atoms with Gasteiger partial charge in [-0.2, -0.15) is 0 Å². The average molecular weight is 506 g/mol. The Hall–Kier alpha value is -3.08.